The first-order valence-electron chi connectivity index (χ1n) is 5.99. The Bertz CT molecular complexity index is 424. The van der Waals surface area contributed by atoms with Gasteiger partial charge < -0.3 is 20.1 Å². The second-order valence-electron chi connectivity index (χ2n) is 4.38. The lowest BCUT2D eigenvalue weighted by atomic mass is 10.2. The second kappa shape index (κ2) is 8.14. The molecule has 0 saturated carbocycles. The van der Waals surface area contributed by atoms with Crippen molar-refractivity contribution in [2.75, 3.05) is 45.7 Å². The Morgan fingerprint density at radius 1 is 1.37 bits per heavy atom. The number of benzene rings is 1. The molecule has 0 amide bonds. The molecule has 106 valence electrons. The Kier molecular flexibility index (Phi) is 6.83. The van der Waals surface area contributed by atoms with Gasteiger partial charge in [-0.25, -0.2) is 4.79 Å². The van der Waals surface area contributed by atoms with Crippen molar-refractivity contribution in [2.24, 2.45) is 0 Å². The minimum absolute atomic E-state index is 0.255. The van der Waals surface area contributed by atoms with Crippen LogP contribution in [0.2, 0.25) is 0 Å². The zero-order valence-corrected chi connectivity index (χ0v) is 12.7. The Morgan fingerprint density at radius 2 is 2.11 bits per heavy atom. The molecule has 0 radical (unpaired) electrons. The zero-order valence-electron chi connectivity index (χ0n) is 11.1. The fourth-order valence-electron chi connectivity index (χ4n) is 1.43. The van der Waals surface area contributed by atoms with Crippen molar-refractivity contribution in [1.29, 1.82) is 0 Å². The minimum Gasteiger partial charge on any atom is -0.478 e. The van der Waals surface area contributed by atoms with Crippen molar-refractivity contribution in [3.05, 3.63) is 28.2 Å². The summed E-state index contributed by atoms with van der Waals surface area (Å²) in [4.78, 5) is 13.0. The Labute approximate surface area is 121 Å². The van der Waals surface area contributed by atoms with Gasteiger partial charge in [0.2, 0.25) is 0 Å². The van der Waals surface area contributed by atoms with Crippen LogP contribution in [-0.4, -0.2) is 56.4 Å². The van der Waals surface area contributed by atoms with Crippen LogP contribution in [0.15, 0.2) is 22.7 Å². The molecule has 6 heteroatoms. The average molecular weight is 331 g/mol. The van der Waals surface area contributed by atoms with Gasteiger partial charge in [0.1, 0.15) is 0 Å². The predicted octanol–water partition coefficient (Wildman–Crippen LogP) is 2.14. The van der Waals surface area contributed by atoms with Crippen molar-refractivity contribution in [2.45, 2.75) is 0 Å². The van der Waals surface area contributed by atoms with E-state index in [1.54, 1.807) is 12.1 Å². The Hall–Kier alpha value is -1.11. The van der Waals surface area contributed by atoms with Crippen LogP contribution in [0, 0.1) is 0 Å². The van der Waals surface area contributed by atoms with Crippen LogP contribution in [0.1, 0.15) is 10.4 Å². The third-order valence-corrected chi connectivity index (χ3v) is 2.86. The van der Waals surface area contributed by atoms with Gasteiger partial charge >= 0.3 is 5.97 Å². The Balaban J connectivity index is 2.35. The summed E-state index contributed by atoms with van der Waals surface area (Å²) in [5.41, 5.74) is 1.02. The van der Waals surface area contributed by atoms with Crippen molar-refractivity contribution in [1.82, 2.24) is 4.90 Å². The highest BCUT2D eigenvalue weighted by Crippen LogP contribution is 2.19. The van der Waals surface area contributed by atoms with Gasteiger partial charge in [-0.1, -0.05) is 15.9 Å². The van der Waals surface area contributed by atoms with E-state index in [0.29, 0.717) is 19.8 Å². The molecule has 0 aliphatic carbocycles. The standard InChI is InChI=1S/C13H19BrN2O3/c1-16(2)4-6-19-5-3-15-12-8-10(13(17)18)7-11(14)9-12/h7-9,15H,3-6H2,1-2H3,(H,17,18). The molecule has 5 nitrogen and oxygen atoms in total. The molecule has 0 atom stereocenters. The molecule has 0 fully saturated rings. The molecule has 19 heavy (non-hydrogen) atoms. The number of halogens is 1. The molecule has 1 rings (SSSR count). The van der Waals surface area contributed by atoms with Gasteiger partial charge in [-0.15, -0.1) is 0 Å². The summed E-state index contributed by atoms with van der Waals surface area (Å²) in [5, 5.41) is 12.1. The number of carboxylic acids is 1. The van der Waals surface area contributed by atoms with Gasteiger partial charge in [0.25, 0.3) is 0 Å². The molecule has 0 saturated heterocycles. The minimum atomic E-state index is -0.938. The highest BCUT2D eigenvalue weighted by molar-refractivity contribution is 9.10. The van der Waals surface area contributed by atoms with Crippen LogP contribution in [0.5, 0.6) is 0 Å². The van der Waals surface area contributed by atoms with Crippen LogP contribution in [0.4, 0.5) is 5.69 Å². The van der Waals surface area contributed by atoms with E-state index < -0.39 is 5.97 Å². The van der Waals surface area contributed by atoms with Gasteiger partial charge in [-0.3, -0.25) is 0 Å². The van der Waals surface area contributed by atoms with E-state index in [-0.39, 0.29) is 5.56 Å². The molecule has 0 aliphatic heterocycles. The van der Waals surface area contributed by atoms with Crippen molar-refractivity contribution in [3.8, 4) is 0 Å². The van der Waals surface area contributed by atoms with E-state index in [0.717, 1.165) is 16.7 Å². The summed E-state index contributed by atoms with van der Waals surface area (Å²) < 4.78 is 6.18. The van der Waals surface area contributed by atoms with E-state index in [1.165, 1.54) is 0 Å². The SMILES string of the molecule is CN(C)CCOCCNc1cc(Br)cc(C(=O)O)c1. The third kappa shape index (κ3) is 6.56. The number of carboxylic acid groups (broad SMARTS) is 1. The van der Waals surface area contributed by atoms with E-state index >= 15 is 0 Å². The molecule has 0 bridgehead atoms. The average Bonchev–Trinajstić information content (AvgIpc) is 2.32. The normalized spacial score (nSPS) is 10.7. The van der Waals surface area contributed by atoms with Crippen LogP contribution >= 0.6 is 15.9 Å². The van der Waals surface area contributed by atoms with Gasteiger partial charge in [-0.2, -0.15) is 0 Å². The van der Waals surface area contributed by atoms with E-state index in [2.05, 4.69) is 26.1 Å². The van der Waals surface area contributed by atoms with Crippen LogP contribution in [0.3, 0.4) is 0 Å². The summed E-state index contributed by atoms with van der Waals surface area (Å²) in [6.07, 6.45) is 0. The quantitative estimate of drug-likeness (QED) is 0.715. The molecule has 2 N–H and O–H groups in total. The van der Waals surface area contributed by atoms with E-state index in [1.807, 2.05) is 20.2 Å². The molecular weight excluding hydrogens is 312 g/mol. The third-order valence-electron chi connectivity index (χ3n) is 2.40. The first kappa shape index (κ1) is 15.9. The highest BCUT2D eigenvalue weighted by Gasteiger charge is 2.05. The van der Waals surface area contributed by atoms with Gasteiger partial charge in [0, 0.05) is 23.2 Å². The monoisotopic (exact) mass is 330 g/mol. The van der Waals surface area contributed by atoms with E-state index in [4.69, 9.17) is 9.84 Å². The summed E-state index contributed by atoms with van der Waals surface area (Å²) in [6, 6.07) is 5.01. The molecular formula is C13H19BrN2O3. The molecule has 1 aromatic carbocycles. The molecule has 1 aromatic rings. The summed E-state index contributed by atoms with van der Waals surface area (Å²) in [5.74, 6) is -0.938. The van der Waals surface area contributed by atoms with E-state index in [9.17, 15) is 4.79 Å². The topological polar surface area (TPSA) is 61.8 Å². The number of ether oxygens (including phenoxy) is 1. The fraction of sp³-hybridized carbons (Fsp3) is 0.462. The predicted molar refractivity (Wildman–Crippen MR) is 79.0 cm³/mol. The number of hydrogen-bond donors (Lipinski definition) is 2. The summed E-state index contributed by atoms with van der Waals surface area (Å²) in [7, 11) is 3.99. The summed E-state index contributed by atoms with van der Waals surface area (Å²) >= 11 is 3.29. The Morgan fingerprint density at radius 3 is 2.74 bits per heavy atom. The second-order valence-corrected chi connectivity index (χ2v) is 5.29. The number of carbonyl (C=O) groups is 1. The fourth-order valence-corrected chi connectivity index (χ4v) is 1.93. The molecule has 0 heterocycles. The highest BCUT2D eigenvalue weighted by atomic mass is 79.9. The number of anilines is 1. The van der Waals surface area contributed by atoms with Crippen LogP contribution in [-0.2, 0) is 4.74 Å². The number of nitrogens with zero attached hydrogens (tertiary/aromatic N) is 1. The maximum absolute atomic E-state index is 10.9. The van der Waals surface area contributed by atoms with Crippen LogP contribution in [0.25, 0.3) is 0 Å². The molecule has 0 aliphatic rings. The van der Waals surface area contributed by atoms with Crippen molar-refractivity contribution in [3.63, 3.8) is 0 Å². The number of aromatic carboxylic acids is 1. The van der Waals surface area contributed by atoms with Gasteiger partial charge in [-0.05, 0) is 32.3 Å². The maximum atomic E-state index is 10.9. The number of hydrogen-bond acceptors (Lipinski definition) is 4. The largest absolute Gasteiger partial charge is 0.478 e. The van der Waals surface area contributed by atoms with Crippen LogP contribution < -0.4 is 5.32 Å². The molecule has 0 aromatic heterocycles. The smallest absolute Gasteiger partial charge is 0.335 e. The lowest BCUT2D eigenvalue weighted by Crippen LogP contribution is -2.20. The molecule has 0 unspecified atom stereocenters. The number of nitrogens with one attached hydrogen (secondary N) is 1. The van der Waals surface area contributed by atoms with Gasteiger partial charge in [0.05, 0.1) is 18.8 Å². The lowest BCUT2D eigenvalue weighted by Gasteiger charge is -2.11. The lowest BCUT2D eigenvalue weighted by molar-refractivity contribution is 0.0697. The first-order valence-corrected chi connectivity index (χ1v) is 6.78. The number of rotatable bonds is 8. The first-order chi connectivity index (χ1) is 8.99. The zero-order chi connectivity index (χ0) is 14.3. The number of likely N-dealkylation sites (N-methyl/N-ethyl adjacent to an activating group) is 1. The molecule has 0 spiro atoms. The maximum Gasteiger partial charge on any atom is 0.335 e. The van der Waals surface area contributed by atoms with Gasteiger partial charge in [0.15, 0.2) is 0 Å². The summed E-state index contributed by atoms with van der Waals surface area (Å²) in [6.45, 7) is 2.80. The van der Waals surface area contributed by atoms with Crippen molar-refractivity contribution < 1.29 is 14.6 Å². The van der Waals surface area contributed by atoms with Crippen molar-refractivity contribution >= 4 is 27.6 Å².